The van der Waals surface area contributed by atoms with Crippen molar-refractivity contribution in [2.45, 2.75) is 20.5 Å². The third-order valence-corrected chi connectivity index (χ3v) is 4.34. The number of esters is 1. The van der Waals surface area contributed by atoms with Crippen LogP contribution in [0.4, 0.5) is 4.39 Å². The van der Waals surface area contributed by atoms with E-state index in [-0.39, 0.29) is 17.2 Å². The number of hydrogen-bond acceptors (Lipinski definition) is 4. The van der Waals surface area contributed by atoms with Crippen LogP contribution in [0, 0.1) is 19.7 Å². The summed E-state index contributed by atoms with van der Waals surface area (Å²) in [5.74, 6) is -1.24. The molecule has 0 N–H and O–H groups in total. The molecule has 0 atom stereocenters. The molecule has 2 aromatic carbocycles. The summed E-state index contributed by atoms with van der Waals surface area (Å²) in [6.07, 6.45) is 0. The van der Waals surface area contributed by atoms with Crippen molar-refractivity contribution in [2.75, 3.05) is 0 Å². The van der Waals surface area contributed by atoms with Crippen molar-refractivity contribution in [1.29, 1.82) is 0 Å². The SMILES string of the molecule is Cc1ccc2c(COC(=O)c3ccc(F)cc3Cl)cc(=O)oc2c1C. The second-order valence-corrected chi connectivity index (χ2v) is 6.08. The van der Waals surface area contributed by atoms with Gasteiger partial charge in [0.2, 0.25) is 0 Å². The van der Waals surface area contributed by atoms with Gasteiger partial charge in [-0.3, -0.25) is 0 Å². The van der Waals surface area contributed by atoms with Crippen LogP contribution >= 0.6 is 11.6 Å². The zero-order valence-electron chi connectivity index (χ0n) is 13.6. The Bertz CT molecular complexity index is 1040. The third kappa shape index (κ3) is 3.42. The van der Waals surface area contributed by atoms with Gasteiger partial charge in [0.15, 0.2) is 0 Å². The summed E-state index contributed by atoms with van der Waals surface area (Å²) in [4.78, 5) is 24.0. The van der Waals surface area contributed by atoms with E-state index in [4.69, 9.17) is 20.8 Å². The first-order valence-electron chi connectivity index (χ1n) is 7.52. The Morgan fingerprint density at radius 3 is 2.68 bits per heavy atom. The fraction of sp³-hybridized carbons (Fsp3) is 0.158. The van der Waals surface area contributed by atoms with E-state index in [9.17, 15) is 14.0 Å². The summed E-state index contributed by atoms with van der Waals surface area (Å²) < 4.78 is 23.6. The number of aryl methyl sites for hydroxylation is 2. The molecule has 0 saturated heterocycles. The van der Waals surface area contributed by atoms with Gasteiger partial charge in [-0.15, -0.1) is 0 Å². The van der Waals surface area contributed by atoms with Gasteiger partial charge >= 0.3 is 11.6 Å². The molecule has 4 nitrogen and oxygen atoms in total. The Labute approximate surface area is 147 Å². The lowest BCUT2D eigenvalue weighted by Gasteiger charge is -2.10. The molecule has 0 unspecified atom stereocenters. The zero-order valence-corrected chi connectivity index (χ0v) is 14.3. The van der Waals surface area contributed by atoms with Crippen molar-refractivity contribution < 1.29 is 18.3 Å². The number of ether oxygens (including phenoxy) is 1. The minimum atomic E-state index is -0.699. The number of carbonyl (C=O) groups excluding carboxylic acids is 1. The minimum Gasteiger partial charge on any atom is -0.457 e. The van der Waals surface area contributed by atoms with Crippen molar-refractivity contribution in [3.63, 3.8) is 0 Å². The van der Waals surface area contributed by atoms with Gasteiger partial charge in [0.25, 0.3) is 0 Å². The van der Waals surface area contributed by atoms with Crippen LogP contribution in [0.1, 0.15) is 27.0 Å². The van der Waals surface area contributed by atoms with Gasteiger partial charge in [-0.25, -0.2) is 14.0 Å². The molecule has 0 radical (unpaired) electrons. The molecule has 0 spiro atoms. The Morgan fingerprint density at radius 1 is 1.20 bits per heavy atom. The van der Waals surface area contributed by atoms with Crippen molar-refractivity contribution in [3.8, 4) is 0 Å². The lowest BCUT2D eigenvalue weighted by molar-refractivity contribution is 0.0474. The smallest absolute Gasteiger partial charge is 0.339 e. The Morgan fingerprint density at radius 2 is 1.96 bits per heavy atom. The predicted octanol–water partition coefficient (Wildman–Crippen LogP) is 4.56. The minimum absolute atomic E-state index is 0.0334. The average Bonchev–Trinajstić information content (AvgIpc) is 2.56. The second-order valence-electron chi connectivity index (χ2n) is 5.68. The number of rotatable bonds is 3. The molecule has 3 aromatic rings. The second kappa shape index (κ2) is 6.69. The largest absolute Gasteiger partial charge is 0.457 e. The van der Waals surface area contributed by atoms with Crippen LogP contribution in [0.15, 0.2) is 45.6 Å². The Hall–Kier alpha value is -2.66. The van der Waals surface area contributed by atoms with E-state index < -0.39 is 17.4 Å². The van der Waals surface area contributed by atoms with Gasteiger partial charge in [-0.05, 0) is 43.2 Å². The molecule has 0 bridgehead atoms. The van der Waals surface area contributed by atoms with Crippen molar-refractivity contribution in [1.82, 2.24) is 0 Å². The summed E-state index contributed by atoms with van der Waals surface area (Å²) in [6.45, 7) is 3.64. The zero-order chi connectivity index (χ0) is 18.1. The lowest BCUT2D eigenvalue weighted by Crippen LogP contribution is -2.09. The normalized spacial score (nSPS) is 10.9. The molecular weight excluding hydrogens is 347 g/mol. The molecule has 1 heterocycles. The molecule has 128 valence electrons. The molecule has 0 saturated carbocycles. The standard InChI is InChI=1S/C19H14ClFO4/c1-10-3-5-14-12(7-17(22)25-18(14)11(10)2)9-24-19(23)15-6-4-13(21)8-16(15)20/h3-8H,9H2,1-2H3. The number of benzene rings is 2. The fourth-order valence-corrected chi connectivity index (χ4v) is 2.76. The van der Waals surface area contributed by atoms with Gasteiger partial charge in [0, 0.05) is 17.0 Å². The third-order valence-electron chi connectivity index (χ3n) is 4.03. The molecule has 3 rings (SSSR count). The van der Waals surface area contributed by atoms with Crippen molar-refractivity contribution >= 4 is 28.5 Å². The van der Waals surface area contributed by atoms with Crippen LogP contribution in [-0.2, 0) is 11.3 Å². The first kappa shape index (κ1) is 17.2. The van der Waals surface area contributed by atoms with Crippen molar-refractivity contribution in [3.05, 3.63) is 79.9 Å². The number of fused-ring (bicyclic) bond motifs is 1. The average molecular weight is 361 g/mol. The predicted molar refractivity (Wildman–Crippen MR) is 92.5 cm³/mol. The molecular formula is C19H14ClFO4. The van der Waals surface area contributed by atoms with E-state index >= 15 is 0 Å². The van der Waals surface area contributed by atoms with Gasteiger partial charge in [0.05, 0.1) is 10.6 Å². The van der Waals surface area contributed by atoms with Gasteiger partial charge in [0.1, 0.15) is 18.0 Å². The van der Waals surface area contributed by atoms with Crippen LogP contribution in [-0.4, -0.2) is 5.97 Å². The molecule has 6 heteroatoms. The lowest BCUT2D eigenvalue weighted by atomic mass is 10.0. The van der Waals surface area contributed by atoms with Crippen LogP contribution < -0.4 is 5.63 Å². The van der Waals surface area contributed by atoms with E-state index in [0.29, 0.717) is 16.5 Å². The summed E-state index contributed by atoms with van der Waals surface area (Å²) in [5, 5.41) is 0.662. The molecule has 0 aliphatic rings. The van der Waals surface area contributed by atoms with E-state index in [1.807, 2.05) is 26.0 Å². The number of hydrogen-bond donors (Lipinski definition) is 0. The van der Waals surface area contributed by atoms with Gasteiger partial charge in [-0.2, -0.15) is 0 Å². The maximum absolute atomic E-state index is 13.1. The fourth-order valence-electron chi connectivity index (χ4n) is 2.52. The highest BCUT2D eigenvalue weighted by molar-refractivity contribution is 6.33. The van der Waals surface area contributed by atoms with E-state index in [1.54, 1.807) is 0 Å². The van der Waals surface area contributed by atoms with E-state index in [0.717, 1.165) is 23.3 Å². The quantitative estimate of drug-likeness (QED) is 0.507. The molecule has 1 aromatic heterocycles. The number of carbonyl (C=O) groups is 1. The molecule has 0 amide bonds. The summed E-state index contributed by atoms with van der Waals surface area (Å²) in [7, 11) is 0. The van der Waals surface area contributed by atoms with Crippen LogP contribution in [0.3, 0.4) is 0 Å². The first-order chi connectivity index (χ1) is 11.9. The van der Waals surface area contributed by atoms with E-state index in [1.165, 1.54) is 12.1 Å². The summed E-state index contributed by atoms with van der Waals surface area (Å²) >= 11 is 5.86. The monoisotopic (exact) mass is 360 g/mol. The van der Waals surface area contributed by atoms with Crippen LogP contribution in [0.2, 0.25) is 5.02 Å². The summed E-state index contributed by atoms with van der Waals surface area (Å²) in [5.41, 5.74) is 2.38. The highest BCUT2D eigenvalue weighted by atomic mass is 35.5. The van der Waals surface area contributed by atoms with Crippen LogP contribution in [0.5, 0.6) is 0 Å². The molecule has 0 fully saturated rings. The molecule has 25 heavy (non-hydrogen) atoms. The first-order valence-corrected chi connectivity index (χ1v) is 7.89. The maximum Gasteiger partial charge on any atom is 0.339 e. The van der Waals surface area contributed by atoms with Gasteiger partial charge < -0.3 is 9.15 Å². The molecule has 0 aliphatic heterocycles. The number of halogens is 2. The highest BCUT2D eigenvalue weighted by Crippen LogP contribution is 2.24. The topological polar surface area (TPSA) is 56.5 Å². The Balaban J connectivity index is 1.92. The van der Waals surface area contributed by atoms with Crippen LogP contribution in [0.25, 0.3) is 11.0 Å². The summed E-state index contributed by atoms with van der Waals surface area (Å²) in [6, 6.07) is 8.42. The van der Waals surface area contributed by atoms with E-state index in [2.05, 4.69) is 0 Å². The van der Waals surface area contributed by atoms with Gasteiger partial charge in [-0.1, -0.05) is 23.7 Å². The molecule has 0 aliphatic carbocycles. The Kier molecular flexibility index (Phi) is 4.59. The van der Waals surface area contributed by atoms with Crippen molar-refractivity contribution in [2.24, 2.45) is 0 Å². The maximum atomic E-state index is 13.1. The highest BCUT2D eigenvalue weighted by Gasteiger charge is 2.15.